The third-order valence-electron chi connectivity index (χ3n) is 7.16. The number of fused-ring (bicyclic) bond motifs is 1. The van der Waals surface area contributed by atoms with Gasteiger partial charge < -0.3 is 9.47 Å². The fourth-order valence-electron chi connectivity index (χ4n) is 5.75. The minimum absolute atomic E-state index is 0.0705. The molecule has 2 aromatic rings. The van der Waals surface area contributed by atoms with Crippen molar-refractivity contribution in [2.24, 2.45) is 17.8 Å². The summed E-state index contributed by atoms with van der Waals surface area (Å²) >= 11 is 12.3. The molecule has 36 heavy (non-hydrogen) atoms. The number of benzene rings is 2. The minimum Gasteiger partial charge on any atom is -0.496 e. The first-order valence-electron chi connectivity index (χ1n) is 11.9. The Labute approximate surface area is 221 Å². The quantitative estimate of drug-likeness (QED) is 0.403. The zero-order chi connectivity index (χ0) is 26.4. The Bertz CT molecular complexity index is 1220. The first kappa shape index (κ1) is 26.5. The molecule has 2 fully saturated rings. The van der Waals surface area contributed by atoms with Gasteiger partial charge in [-0.25, -0.2) is 0 Å². The molecule has 2 saturated heterocycles. The third-order valence-corrected chi connectivity index (χ3v) is 7.90. The van der Waals surface area contributed by atoms with Crippen molar-refractivity contribution >= 4 is 41.0 Å². The molecule has 4 rings (SSSR count). The van der Waals surface area contributed by atoms with Crippen molar-refractivity contribution in [3.05, 3.63) is 52.0 Å². The van der Waals surface area contributed by atoms with Crippen molar-refractivity contribution < 1.29 is 23.9 Å². The van der Waals surface area contributed by atoms with Crippen LogP contribution in [0.25, 0.3) is 11.1 Å². The second kappa shape index (κ2) is 10.0. The normalized spacial score (nSPS) is 25.4. The molecule has 2 aliphatic rings. The fraction of sp³-hybridized carbons (Fsp3) is 0.444. The van der Waals surface area contributed by atoms with E-state index in [1.165, 1.54) is 12.0 Å². The van der Waals surface area contributed by atoms with Crippen LogP contribution < -0.4 is 10.1 Å². The zero-order valence-corrected chi connectivity index (χ0v) is 22.4. The number of carbonyl (C=O) groups is 3. The molecule has 0 bridgehead atoms. The number of esters is 1. The molecule has 0 aromatic heterocycles. The Hall–Kier alpha value is -2.61. The summed E-state index contributed by atoms with van der Waals surface area (Å²) in [5, 5.41) is 4.27. The number of imide groups is 1. The highest BCUT2D eigenvalue weighted by atomic mass is 35.5. The van der Waals surface area contributed by atoms with Gasteiger partial charge in [0.2, 0.25) is 11.8 Å². The maximum atomic E-state index is 13.5. The molecule has 0 saturated carbocycles. The summed E-state index contributed by atoms with van der Waals surface area (Å²) in [6, 6.07) is 10.3. The molecule has 9 heteroatoms. The van der Waals surface area contributed by atoms with Gasteiger partial charge in [0.25, 0.3) is 0 Å². The number of nitrogens with one attached hydrogen (secondary N) is 1. The Morgan fingerprint density at radius 1 is 1.08 bits per heavy atom. The van der Waals surface area contributed by atoms with Crippen molar-refractivity contribution in [2.45, 2.75) is 38.8 Å². The first-order valence-corrected chi connectivity index (χ1v) is 12.7. The Balaban J connectivity index is 1.84. The standard InChI is InChI=1S/C27H30Cl2N2O5/c1-6-31-24(32)21-22(25(31)33)27(13-14(2)3,26(34)36-5)30-23(21)16-7-9-17(20(12-16)35-4)15-8-10-18(28)19(29)11-15/h7-12,14,21-23,30H,6,13H2,1-5H3/t21-,22-,23-,27-/m1/s1. The highest BCUT2D eigenvalue weighted by Crippen LogP contribution is 2.52. The molecule has 0 radical (unpaired) electrons. The van der Waals surface area contributed by atoms with E-state index >= 15 is 0 Å². The first-order chi connectivity index (χ1) is 17.1. The van der Waals surface area contributed by atoms with Gasteiger partial charge in [-0.1, -0.05) is 55.2 Å². The van der Waals surface area contributed by atoms with Gasteiger partial charge in [-0.05, 0) is 48.6 Å². The van der Waals surface area contributed by atoms with E-state index in [-0.39, 0.29) is 24.3 Å². The van der Waals surface area contributed by atoms with E-state index in [1.54, 1.807) is 26.2 Å². The number of nitrogens with zero attached hydrogens (tertiary/aromatic N) is 1. The number of amides is 2. The van der Waals surface area contributed by atoms with E-state index in [1.807, 2.05) is 38.1 Å². The van der Waals surface area contributed by atoms with Crippen molar-refractivity contribution in [3.63, 3.8) is 0 Å². The number of carbonyl (C=O) groups excluding carboxylic acids is 3. The van der Waals surface area contributed by atoms with E-state index in [2.05, 4.69) is 5.32 Å². The van der Waals surface area contributed by atoms with Crippen molar-refractivity contribution in [1.29, 1.82) is 0 Å². The number of ether oxygens (including phenoxy) is 2. The second-order valence-electron chi connectivity index (χ2n) is 9.70. The van der Waals surface area contributed by atoms with Crippen molar-refractivity contribution in [2.75, 3.05) is 20.8 Å². The molecule has 2 heterocycles. The molecule has 2 amide bonds. The smallest absolute Gasteiger partial charge is 0.326 e. The topological polar surface area (TPSA) is 84.9 Å². The lowest BCUT2D eigenvalue weighted by Gasteiger charge is -2.33. The molecule has 2 aliphatic heterocycles. The van der Waals surface area contributed by atoms with Crippen LogP contribution in [0.15, 0.2) is 36.4 Å². The van der Waals surface area contributed by atoms with E-state index in [0.717, 1.165) is 16.7 Å². The highest BCUT2D eigenvalue weighted by molar-refractivity contribution is 6.42. The minimum atomic E-state index is -1.31. The van der Waals surface area contributed by atoms with E-state index in [9.17, 15) is 14.4 Å². The SMILES string of the molecule is CCN1C(=O)[C@H]2[C@@H](c3ccc(-c4ccc(Cl)c(Cl)c4)c(OC)c3)N[C@@](CC(C)C)(C(=O)OC)[C@H]2C1=O. The van der Waals surface area contributed by atoms with Crippen LogP contribution in [0, 0.1) is 17.8 Å². The van der Waals surface area contributed by atoms with E-state index < -0.39 is 29.4 Å². The zero-order valence-electron chi connectivity index (χ0n) is 20.9. The van der Waals surface area contributed by atoms with Crippen LogP contribution in [0.5, 0.6) is 5.75 Å². The van der Waals surface area contributed by atoms with Gasteiger partial charge in [0.1, 0.15) is 11.3 Å². The highest BCUT2D eigenvalue weighted by Gasteiger charge is 2.68. The number of methoxy groups -OCH3 is 2. The van der Waals surface area contributed by atoms with Crippen LogP contribution in [-0.4, -0.2) is 49.0 Å². The predicted molar refractivity (Wildman–Crippen MR) is 138 cm³/mol. The largest absolute Gasteiger partial charge is 0.496 e. The molecular formula is C27H30Cl2N2O5. The molecule has 192 valence electrons. The summed E-state index contributed by atoms with van der Waals surface area (Å²) in [4.78, 5) is 41.4. The van der Waals surface area contributed by atoms with Crippen molar-refractivity contribution in [1.82, 2.24) is 10.2 Å². The van der Waals surface area contributed by atoms with Crippen LogP contribution >= 0.6 is 23.2 Å². The summed E-state index contributed by atoms with van der Waals surface area (Å²) in [7, 11) is 2.87. The lowest BCUT2D eigenvalue weighted by molar-refractivity contribution is -0.155. The van der Waals surface area contributed by atoms with Gasteiger partial charge in [0.05, 0.1) is 36.1 Å². The number of likely N-dealkylation sites (tertiary alicyclic amines) is 1. The van der Waals surface area contributed by atoms with Gasteiger partial charge in [-0.15, -0.1) is 0 Å². The average molecular weight is 533 g/mol. The lowest BCUT2D eigenvalue weighted by atomic mass is 9.75. The van der Waals surface area contributed by atoms with Gasteiger partial charge in [-0.3, -0.25) is 24.6 Å². The van der Waals surface area contributed by atoms with Crippen molar-refractivity contribution in [3.8, 4) is 16.9 Å². The molecule has 1 N–H and O–H groups in total. The van der Waals surface area contributed by atoms with Crippen LogP contribution in [0.4, 0.5) is 0 Å². The molecule has 4 atom stereocenters. The Morgan fingerprint density at radius 3 is 2.39 bits per heavy atom. The summed E-state index contributed by atoms with van der Waals surface area (Å²) in [6.45, 7) is 5.96. The fourth-order valence-corrected chi connectivity index (χ4v) is 6.05. The molecule has 0 unspecified atom stereocenters. The average Bonchev–Trinajstić information content (AvgIpc) is 3.32. The summed E-state index contributed by atoms with van der Waals surface area (Å²) in [5.41, 5.74) is 1.03. The molecule has 7 nitrogen and oxygen atoms in total. The summed E-state index contributed by atoms with van der Waals surface area (Å²) in [6.07, 6.45) is 0.354. The monoisotopic (exact) mass is 532 g/mol. The Morgan fingerprint density at radius 2 is 1.81 bits per heavy atom. The molecule has 0 aliphatic carbocycles. The maximum Gasteiger partial charge on any atom is 0.326 e. The lowest BCUT2D eigenvalue weighted by Crippen LogP contribution is -2.57. The number of halogens is 2. The van der Waals surface area contributed by atoms with Crippen LogP contribution in [0.1, 0.15) is 38.8 Å². The summed E-state index contributed by atoms with van der Waals surface area (Å²) in [5.74, 6) is -2.12. The Kier molecular flexibility index (Phi) is 7.37. The second-order valence-corrected chi connectivity index (χ2v) is 10.5. The predicted octanol–water partition coefficient (Wildman–Crippen LogP) is 4.89. The summed E-state index contributed by atoms with van der Waals surface area (Å²) < 4.78 is 10.9. The van der Waals surface area contributed by atoms with E-state index in [4.69, 9.17) is 32.7 Å². The molecular weight excluding hydrogens is 503 g/mol. The maximum absolute atomic E-state index is 13.5. The number of rotatable bonds is 7. The van der Waals surface area contributed by atoms with Gasteiger partial charge in [-0.2, -0.15) is 0 Å². The number of hydrogen-bond donors (Lipinski definition) is 1. The van der Waals surface area contributed by atoms with Crippen LogP contribution in [0.2, 0.25) is 10.0 Å². The van der Waals surface area contributed by atoms with Crippen LogP contribution in [0.3, 0.4) is 0 Å². The molecule has 2 aromatic carbocycles. The van der Waals surface area contributed by atoms with Gasteiger partial charge in [0.15, 0.2) is 0 Å². The molecule has 0 spiro atoms. The van der Waals surface area contributed by atoms with E-state index in [0.29, 0.717) is 22.2 Å². The number of hydrogen-bond acceptors (Lipinski definition) is 6. The van der Waals surface area contributed by atoms with Gasteiger partial charge >= 0.3 is 5.97 Å². The van der Waals surface area contributed by atoms with Gasteiger partial charge in [0, 0.05) is 18.2 Å². The van der Waals surface area contributed by atoms with Crippen LogP contribution in [-0.2, 0) is 19.1 Å². The third kappa shape index (κ3) is 4.17.